The molecule has 10 aromatic carbocycles. The average molecular weight is 673 g/mol. The van der Waals surface area contributed by atoms with Crippen molar-refractivity contribution in [2.75, 3.05) is 0 Å². The molecule has 0 nitrogen and oxygen atoms in total. The Labute approximate surface area is 309 Å². The van der Waals surface area contributed by atoms with Crippen LogP contribution in [0.3, 0.4) is 0 Å². The van der Waals surface area contributed by atoms with Crippen molar-refractivity contribution < 1.29 is 0 Å². The first-order chi connectivity index (χ1) is 26.1. The molecule has 0 aromatic heterocycles. The summed E-state index contributed by atoms with van der Waals surface area (Å²) in [6, 6.07) is 67.9. The highest BCUT2D eigenvalue weighted by Crippen LogP contribution is 2.55. The molecule has 53 heavy (non-hydrogen) atoms. The van der Waals surface area contributed by atoms with Gasteiger partial charge in [0, 0.05) is 5.41 Å². The van der Waals surface area contributed by atoms with Crippen LogP contribution in [0.5, 0.6) is 0 Å². The van der Waals surface area contributed by atoms with Crippen LogP contribution in [-0.4, -0.2) is 0 Å². The van der Waals surface area contributed by atoms with E-state index < -0.39 is 0 Å². The van der Waals surface area contributed by atoms with Gasteiger partial charge in [0.25, 0.3) is 0 Å². The van der Waals surface area contributed by atoms with Crippen molar-refractivity contribution in [3.8, 4) is 44.5 Å². The van der Waals surface area contributed by atoms with Crippen molar-refractivity contribution in [2.45, 2.75) is 19.3 Å². The van der Waals surface area contributed by atoms with Gasteiger partial charge in [0.05, 0.1) is 0 Å². The Morgan fingerprint density at radius 3 is 1.45 bits per heavy atom. The summed E-state index contributed by atoms with van der Waals surface area (Å²) in [5.41, 5.74) is 13.1. The van der Waals surface area contributed by atoms with E-state index in [2.05, 4.69) is 196 Å². The van der Waals surface area contributed by atoms with Crippen LogP contribution in [0, 0.1) is 0 Å². The van der Waals surface area contributed by atoms with Crippen molar-refractivity contribution in [3.05, 3.63) is 193 Å². The van der Waals surface area contributed by atoms with E-state index in [1.54, 1.807) is 0 Å². The maximum Gasteiger partial charge on any atom is 0.0159 e. The van der Waals surface area contributed by atoms with Crippen molar-refractivity contribution >= 4 is 53.9 Å². The van der Waals surface area contributed by atoms with Crippen LogP contribution in [0.2, 0.25) is 0 Å². The normalized spacial score (nSPS) is 13.2. The van der Waals surface area contributed by atoms with Crippen LogP contribution in [0.25, 0.3) is 98.4 Å². The molecule has 0 unspecified atom stereocenters. The predicted octanol–water partition coefficient (Wildman–Crippen LogP) is 14.8. The van der Waals surface area contributed by atoms with E-state index in [4.69, 9.17) is 0 Å². The number of rotatable bonds is 3. The van der Waals surface area contributed by atoms with E-state index in [1.807, 2.05) is 0 Å². The summed E-state index contributed by atoms with van der Waals surface area (Å²) in [5.74, 6) is 0. The van der Waals surface area contributed by atoms with E-state index in [1.165, 1.54) is 109 Å². The van der Waals surface area contributed by atoms with Crippen LogP contribution in [-0.2, 0) is 5.41 Å². The molecular formula is C53H36. The highest BCUT2D eigenvalue weighted by molar-refractivity contribution is 6.25. The molecule has 0 fully saturated rings. The topological polar surface area (TPSA) is 0 Å². The molecule has 0 spiro atoms. The Morgan fingerprint density at radius 1 is 0.283 bits per heavy atom. The first kappa shape index (κ1) is 30.2. The van der Waals surface area contributed by atoms with E-state index in [-0.39, 0.29) is 5.41 Å². The van der Waals surface area contributed by atoms with Gasteiger partial charge < -0.3 is 0 Å². The number of benzene rings is 10. The summed E-state index contributed by atoms with van der Waals surface area (Å²) >= 11 is 0. The zero-order valence-corrected chi connectivity index (χ0v) is 29.8. The molecule has 11 rings (SSSR count). The summed E-state index contributed by atoms with van der Waals surface area (Å²) in [6.07, 6.45) is 0. The SMILES string of the molecule is CC1(C)c2ccccc2-c2c1cc(-c1c3ccccc3c(-c3ccc4cc(-c5ccccc5)c5ccccc5c4c3)c3ccccc13)c1ccccc21. The lowest BCUT2D eigenvalue weighted by atomic mass is 9.79. The molecule has 0 atom stereocenters. The molecule has 0 heterocycles. The van der Waals surface area contributed by atoms with E-state index >= 15 is 0 Å². The summed E-state index contributed by atoms with van der Waals surface area (Å²) in [4.78, 5) is 0. The zero-order chi connectivity index (χ0) is 35.3. The average Bonchev–Trinajstić information content (AvgIpc) is 3.45. The lowest BCUT2D eigenvalue weighted by Crippen LogP contribution is -2.15. The summed E-state index contributed by atoms with van der Waals surface area (Å²) in [5, 5.41) is 12.8. The molecule has 10 aromatic rings. The van der Waals surface area contributed by atoms with Crippen LogP contribution < -0.4 is 0 Å². The van der Waals surface area contributed by atoms with Gasteiger partial charge >= 0.3 is 0 Å². The molecule has 0 bridgehead atoms. The molecule has 0 N–H and O–H groups in total. The van der Waals surface area contributed by atoms with Crippen LogP contribution >= 0.6 is 0 Å². The smallest absolute Gasteiger partial charge is 0.0159 e. The largest absolute Gasteiger partial charge is 0.0622 e. The van der Waals surface area contributed by atoms with Gasteiger partial charge in [-0.3, -0.25) is 0 Å². The minimum absolute atomic E-state index is 0.107. The first-order valence-corrected chi connectivity index (χ1v) is 18.7. The predicted molar refractivity (Wildman–Crippen MR) is 228 cm³/mol. The Morgan fingerprint density at radius 2 is 0.792 bits per heavy atom. The molecule has 248 valence electrons. The fraction of sp³-hybridized carbons (Fsp3) is 0.0566. The molecule has 0 radical (unpaired) electrons. The zero-order valence-electron chi connectivity index (χ0n) is 29.8. The number of fused-ring (bicyclic) bond motifs is 10. The van der Waals surface area contributed by atoms with Gasteiger partial charge in [-0.1, -0.05) is 178 Å². The van der Waals surface area contributed by atoms with Gasteiger partial charge in [-0.15, -0.1) is 0 Å². The van der Waals surface area contributed by atoms with Gasteiger partial charge in [-0.2, -0.15) is 0 Å². The minimum atomic E-state index is -0.107. The highest BCUT2D eigenvalue weighted by atomic mass is 14.4. The molecule has 0 saturated heterocycles. The van der Waals surface area contributed by atoms with Gasteiger partial charge in [-0.25, -0.2) is 0 Å². The van der Waals surface area contributed by atoms with Crippen molar-refractivity contribution in [3.63, 3.8) is 0 Å². The molecule has 0 amide bonds. The molecule has 0 aliphatic heterocycles. The molecule has 0 heteroatoms. The minimum Gasteiger partial charge on any atom is -0.0622 e. The van der Waals surface area contributed by atoms with Crippen LogP contribution in [0.15, 0.2) is 182 Å². The molecular weight excluding hydrogens is 637 g/mol. The Hall–Kier alpha value is -6.50. The molecule has 1 aliphatic carbocycles. The first-order valence-electron chi connectivity index (χ1n) is 18.7. The molecule has 1 aliphatic rings. The third kappa shape index (κ3) is 4.30. The molecule has 0 saturated carbocycles. The summed E-state index contributed by atoms with van der Waals surface area (Å²) in [6.45, 7) is 4.78. The number of hydrogen-bond donors (Lipinski definition) is 0. The van der Waals surface area contributed by atoms with Crippen molar-refractivity contribution in [2.24, 2.45) is 0 Å². The lowest BCUT2D eigenvalue weighted by molar-refractivity contribution is 0.661. The second-order valence-electron chi connectivity index (χ2n) is 15.2. The van der Waals surface area contributed by atoms with Crippen LogP contribution in [0.4, 0.5) is 0 Å². The van der Waals surface area contributed by atoms with Gasteiger partial charge in [0.15, 0.2) is 0 Å². The van der Waals surface area contributed by atoms with E-state index in [0.29, 0.717) is 0 Å². The highest BCUT2D eigenvalue weighted by Gasteiger charge is 2.37. The quantitative estimate of drug-likeness (QED) is 0.129. The van der Waals surface area contributed by atoms with E-state index in [0.717, 1.165) is 0 Å². The van der Waals surface area contributed by atoms with Gasteiger partial charge in [-0.05, 0) is 128 Å². The Kier molecular flexibility index (Phi) is 6.40. The second-order valence-corrected chi connectivity index (χ2v) is 15.2. The monoisotopic (exact) mass is 672 g/mol. The Balaban J connectivity index is 1.21. The number of hydrogen-bond acceptors (Lipinski definition) is 0. The third-order valence-electron chi connectivity index (χ3n) is 12.0. The Bertz CT molecular complexity index is 3070. The van der Waals surface area contributed by atoms with Gasteiger partial charge in [0.2, 0.25) is 0 Å². The summed E-state index contributed by atoms with van der Waals surface area (Å²) < 4.78 is 0. The second kappa shape index (κ2) is 11.2. The summed E-state index contributed by atoms with van der Waals surface area (Å²) in [7, 11) is 0. The van der Waals surface area contributed by atoms with Gasteiger partial charge in [0.1, 0.15) is 0 Å². The van der Waals surface area contributed by atoms with Crippen molar-refractivity contribution in [1.82, 2.24) is 0 Å². The fourth-order valence-electron chi connectivity index (χ4n) is 9.60. The third-order valence-corrected chi connectivity index (χ3v) is 12.0. The van der Waals surface area contributed by atoms with Crippen LogP contribution in [0.1, 0.15) is 25.0 Å². The maximum atomic E-state index is 2.53. The van der Waals surface area contributed by atoms with Crippen molar-refractivity contribution in [1.29, 1.82) is 0 Å². The standard InChI is InChI=1S/C53H36/c1-53(2)48-27-15-14-26-44(48)52-39-21-9-8-20-38(39)47(32-49(52)53)51-42-24-12-10-22-40(42)50(41-23-11-13-25-43(41)51)35-29-28-34-30-45(33-16-4-3-5-17-33)36-18-6-7-19-37(36)46(34)31-35/h3-32H,1-2H3. The maximum absolute atomic E-state index is 2.53. The lowest BCUT2D eigenvalue weighted by Gasteiger charge is -2.24. The fourth-order valence-corrected chi connectivity index (χ4v) is 9.60. The van der Waals surface area contributed by atoms with E-state index in [9.17, 15) is 0 Å².